The summed E-state index contributed by atoms with van der Waals surface area (Å²) in [7, 11) is 1.69. The van der Waals surface area contributed by atoms with E-state index in [-0.39, 0.29) is 0 Å². The molecule has 0 fully saturated rings. The maximum atomic E-state index is 5.00. The van der Waals surface area contributed by atoms with Gasteiger partial charge >= 0.3 is 0 Å². The van der Waals surface area contributed by atoms with Crippen LogP contribution in [0.4, 0.5) is 0 Å². The molecule has 102 valence electrons. The zero-order chi connectivity index (χ0) is 13.5. The van der Waals surface area contributed by atoms with Crippen molar-refractivity contribution in [2.45, 2.75) is 23.7 Å². The average Bonchev–Trinajstić information content (AvgIpc) is 2.82. The molecule has 19 heavy (non-hydrogen) atoms. The highest BCUT2D eigenvalue weighted by Gasteiger charge is 2.08. The van der Waals surface area contributed by atoms with E-state index in [0.717, 1.165) is 29.5 Å². The van der Waals surface area contributed by atoms with E-state index in [9.17, 15) is 0 Å². The number of hydrogen-bond acceptors (Lipinski definition) is 6. The Kier molecular flexibility index (Phi) is 5.31. The molecule has 0 aromatic carbocycles. The highest BCUT2D eigenvalue weighted by Crippen LogP contribution is 2.25. The zero-order valence-electron chi connectivity index (χ0n) is 11.0. The average molecular weight is 279 g/mol. The van der Waals surface area contributed by atoms with Crippen molar-refractivity contribution in [2.75, 3.05) is 20.3 Å². The molecule has 0 aliphatic carbocycles. The summed E-state index contributed by atoms with van der Waals surface area (Å²) in [6.07, 6.45) is 1.78. The fourth-order valence-electron chi connectivity index (χ4n) is 1.50. The first-order valence-corrected chi connectivity index (χ1v) is 6.81. The number of ether oxygens (including phenoxy) is 1. The SMILES string of the molecule is COCCNCc1cccnc1Sc1n[nH]c(C)n1. The van der Waals surface area contributed by atoms with Gasteiger partial charge in [0.2, 0.25) is 5.16 Å². The van der Waals surface area contributed by atoms with Crippen LogP contribution in [0.5, 0.6) is 0 Å². The molecule has 0 aliphatic rings. The quantitative estimate of drug-likeness (QED) is 0.746. The minimum absolute atomic E-state index is 0.689. The van der Waals surface area contributed by atoms with E-state index in [1.807, 2.05) is 13.0 Å². The summed E-state index contributed by atoms with van der Waals surface area (Å²) in [5.74, 6) is 0.804. The second-order valence-electron chi connectivity index (χ2n) is 3.94. The Labute approximate surface area is 116 Å². The van der Waals surface area contributed by atoms with E-state index in [1.165, 1.54) is 11.8 Å². The van der Waals surface area contributed by atoms with Gasteiger partial charge in [-0.1, -0.05) is 6.07 Å². The molecule has 0 spiro atoms. The lowest BCUT2D eigenvalue weighted by Gasteiger charge is -2.07. The van der Waals surface area contributed by atoms with Crippen LogP contribution in [-0.4, -0.2) is 40.4 Å². The maximum absolute atomic E-state index is 5.00. The van der Waals surface area contributed by atoms with Gasteiger partial charge in [0.15, 0.2) is 0 Å². The van der Waals surface area contributed by atoms with Gasteiger partial charge in [0, 0.05) is 26.4 Å². The summed E-state index contributed by atoms with van der Waals surface area (Å²) in [4.78, 5) is 8.65. The van der Waals surface area contributed by atoms with Gasteiger partial charge in [-0.25, -0.2) is 9.97 Å². The highest BCUT2D eigenvalue weighted by atomic mass is 32.2. The number of aromatic nitrogens is 4. The Hall–Kier alpha value is -1.44. The minimum atomic E-state index is 0.689. The van der Waals surface area contributed by atoms with Crippen molar-refractivity contribution in [3.8, 4) is 0 Å². The van der Waals surface area contributed by atoms with Gasteiger partial charge in [-0.3, -0.25) is 5.10 Å². The second-order valence-corrected chi connectivity index (χ2v) is 4.90. The number of methoxy groups -OCH3 is 1. The number of aromatic amines is 1. The number of nitrogens with zero attached hydrogens (tertiary/aromatic N) is 3. The molecule has 0 unspecified atom stereocenters. The molecule has 0 saturated carbocycles. The molecule has 0 aliphatic heterocycles. The fourth-order valence-corrected chi connectivity index (χ4v) is 2.33. The number of hydrogen-bond donors (Lipinski definition) is 2. The van der Waals surface area contributed by atoms with Gasteiger partial charge in [-0.15, -0.1) is 5.10 Å². The van der Waals surface area contributed by atoms with Crippen LogP contribution in [0.3, 0.4) is 0 Å². The molecule has 2 N–H and O–H groups in total. The van der Waals surface area contributed by atoms with Crippen molar-refractivity contribution in [2.24, 2.45) is 0 Å². The van der Waals surface area contributed by atoms with E-state index < -0.39 is 0 Å². The van der Waals surface area contributed by atoms with Crippen LogP contribution in [0.1, 0.15) is 11.4 Å². The molecule has 0 saturated heterocycles. The Bertz CT molecular complexity index is 516. The van der Waals surface area contributed by atoms with Crippen LogP contribution in [0.15, 0.2) is 28.5 Å². The summed E-state index contributed by atoms with van der Waals surface area (Å²) >= 11 is 1.46. The van der Waals surface area contributed by atoms with E-state index in [1.54, 1.807) is 13.3 Å². The Morgan fingerprint density at radius 2 is 2.37 bits per heavy atom. The summed E-state index contributed by atoms with van der Waals surface area (Å²) < 4.78 is 5.00. The Morgan fingerprint density at radius 3 is 3.11 bits per heavy atom. The Balaban J connectivity index is 1.99. The van der Waals surface area contributed by atoms with Gasteiger partial charge in [-0.2, -0.15) is 0 Å². The molecule has 2 rings (SSSR count). The monoisotopic (exact) mass is 279 g/mol. The third kappa shape index (κ3) is 4.30. The van der Waals surface area contributed by atoms with Crippen LogP contribution in [0.25, 0.3) is 0 Å². The van der Waals surface area contributed by atoms with E-state index in [0.29, 0.717) is 11.8 Å². The molecule has 2 aromatic heterocycles. The molecular weight excluding hydrogens is 262 g/mol. The molecule has 0 atom stereocenters. The minimum Gasteiger partial charge on any atom is -0.383 e. The summed E-state index contributed by atoms with van der Waals surface area (Å²) in [6, 6.07) is 3.98. The lowest BCUT2D eigenvalue weighted by molar-refractivity contribution is 0.199. The van der Waals surface area contributed by atoms with Crippen molar-refractivity contribution in [1.29, 1.82) is 0 Å². The van der Waals surface area contributed by atoms with Crippen molar-refractivity contribution >= 4 is 11.8 Å². The first-order chi connectivity index (χ1) is 9.29. The van der Waals surface area contributed by atoms with Crippen molar-refractivity contribution in [1.82, 2.24) is 25.5 Å². The first kappa shape index (κ1) is 14.0. The number of aryl methyl sites for hydroxylation is 1. The number of rotatable bonds is 7. The van der Waals surface area contributed by atoms with Crippen LogP contribution in [-0.2, 0) is 11.3 Å². The largest absolute Gasteiger partial charge is 0.383 e. The van der Waals surface area contributed by atoms with Gasteiger partial charge in [0.25, 0.3) is 0 Å². The van der Waals surface area contributed by atoms with Crippen LogP contribution >= 0.6 is 11.8 Å². The highest BCUT2D eigenvalue weighted by molar-refractivity contribution is 7.99. The molecular formula is C12H17N5OS. The van der Waals surface area contributed by atoms with Gasteiger partial charge < -0.3 is 10.1 Å². The summed E-state index contributed by atoms with van der Waals surface area (Å²) in [6.45, 7) is 4.14. The van der Waals surface area contributed by atoms with Crippen molar-refractivity contribution < 1.29 is 4.74 Å². The van der Waals surface area contributed by atoms with E-state index in [4.69, 9.17) is 4.74 Å². The molecule has 2 heterocycles. The fraction of sp³-hybridized carbons (Fsp3) is 0.417. The molecule has 0 amide bonds. The lowest BCUT2D eigenvalue weighted by atomic mass is 10.3. The maximum Gasteiger partial charge on any atom is 0.214 e. The third-order valence-corrected chi connectivity index (χ3v) is 3.34. The van der Waals surface area contributed by atoms with Gasteiger partial charge in [-0.05, 0) is 30.3 Å². The predicted octanol–water partition coefficient (Wildman–Crippen LogP) is 1.40. The topological polar surface area (TPSA) is 75.7 Å². The van der Waals surface area contributed by atoms with Crippen LogP contribution in [0, 0.1) is 6.92 Å². The second kappa shape index (κ2) is 7.22. The number of pyridine rings is 1. The molecule has 0 bridgehead atoms. The van der Waals surface area contributed by atoms with Gasteiger partial charge in [0.05, 0.1) is 6.61 Å². The van der Waals surface area contributed by atoms with Crippen LogP contribution in [0.2, 0.25) is 0 Å². The summed E-state index contributed by atoms with van der Waals surface area (Å²) in [5.41, 5.74) is 1.13. The Morgan fingerprint density at radius 1 is 1.47 bits per heavy atom. The lowest BCUT2D eigenvalue weighted by Crippen LogP contribution is -2.19. The van der Waals surface area contributed by atoms with E-state index in [2.05, 4.69) is 31.5 Å². The first-order valence-electron chi connectivity index (χ1n) is 6.00. The van der Waals surface area contributed by atoms with E-state index >= 15 is 0 Å². The standard InChI is InChI=1S/C12H17N5OS/c1-9-15-12(17-16-9)19-11-10(4-3-5-14-11)8-13-6-7-18-2/h3-5,13H,6-8H2,1-2H3,(H,15,16,17). The molecule has 6 nitrogen and oxygen atoms in total. The molecule has 7 heteroatoms. The summed E-state index contributed by atoms with van der Waals surface area (Å²) in [5, 5.41) is 11.9. The number of nitrogens with one attached hydrogen (secondary N) is 2. The molecule has 2 aromatic rings. The van der Waals surface area contributed by atoms with Crippen LogP contribution < -0.4 is 5.32 Å². The van der Waals surface area contributed by atoms with Crippen molar-refractivity contribution in [3.05, 3.63) is 29.7 Å². The van der Waals surface area contributed by atoms with Gasteiger partial charge in [0.1, 0.15) is 10.9 Å². The predicted molar refractivity (Wildman–Crippen MR) is 73.1 cm³/mol. The normalized spacial score (nSPS) is 10.8. The smallest absolute Gasteiger partial charge is 0.214 e. The third-order valence-electron chi connectivity index (χ3n) is 2.41. The molecule has 0 radical (unpaired) electrons. The number of H-pyrrole nitrogens is 1. The van der Waals surface area contributed by atoms with Crippen molar-refractivity contribution in [3.63, 3.8) is 0 Å². The zero-order valence-corrected chi connectivity index (χ0v) is 11.8.